The zero-order valence-electron chi connectivity index (χ0n) is 15.3. The molecule has 0 spiro atoms. The zero-order chi connectivity index (χ0) is 17.1. The summed E-state index contributed by atoms with van der Waals surface area (Å²) in [6, 6.07) is 0. The number of carbonyl (C=O) groups is 1. The fourth-order valence-electron chi connectivity index (χ4n) is 3.24. The summed E-state index contributed by atoms with van der Waals surface area (Å²) in [6.07, 6.45) is 8.75. The van der Waals surface area contributed by atoms with Gasteiger partial charge in [-0.25, -0.2) is 0 Å². The summed E-state index contributed by atoms with van der Waals surface area (Å²) in [5.41, 5.74) is 0. The van der Waals surface area contributed by atoms with Crippen LogP contribution in [0.15, 0.2) is 10.8 Å². The van der Waals surface area contributed by atoms with E-state index in [-0.39, 0.29) is 5.97 Å². The van der Waals surface area contributed by atoms with E-state index < -0.39 is 18.4 Å². The number of rotatable bonds is 12. The summed E-state index contributed by atoms with van der Waals surface area (Å²) < 4.78 is 15.5. The molecule has 4 nitrogen and oxygen atoms in total. The van der Waals surface area contributed by atoms with Gasteiger partial charge in [0.2, 0.25) is 0 Å². The number of nitrogens with zero attached hydrogens (tertiary/aromatic N) is 1. The van der Waals surface area contributed by atoms with Crippen molar-refractivity contribution in [1.29, 1.82) is 0 Å². The van der Waals surface area contributed by atoms with E-state index >= 15 is 0 Å². The maximum atomic E-state index is 12.3. The van der Waals surface area contributed by atoms with Crippen molar-refractivity contribution in [2.45, 2.75) is 79.5 Å². The Bertz CT molecular complexity index is 437. The molecule has 1 aromatic heterocycles. The van der Waals surface area contributed by atoms with Crippen molar-refractivity contribution in [1.82, 2.24) is 4.98 Å². The summed E-state index contributed by atoms with van der Waals surface area (Å²) in [6.45, 7) is 8.93. The molecule has 1 rings (SSSR count). The number of aromatic nitrogens is 1. The van der Waals surface area contributed by atoms with E-state index in [1.165, 1.54) is 58.2 Å². The molecule has 0 fully saturated rings. The molecule has 0 aromatic carbocycles. The summed E-state index contributed by atoms with van der Waals surface area (Å²) in [5.74, 6) is 0.0801. The molecular formula is C18H33NO3Sn. The first-order valence-electron chi connectivity index (χ1n) is 9.26. The molecule has 0 amide bonds. The van der Waals surface area contributed by atoms with Crippen LogP contribution >= 0.6 is 0 Å². The third-order valence-electron chi connectivity index (χ3n) is 4.56. The molecule has 132 valence electrons. The van der Waals surface area contributed by atoms with E-state index in [0.29, 0.717) is 12.4 Å². The standard InChI is InChI=1S/C6H6NO3.3C4H9.Sn/c1-2-9-6(8)5-3-7-4-10-5;3*1-3-4-2;/h4H,2H2,1H3;3*1,3-4H2,2H3;. The van der Waals surface area contributed by atoms with Crippen molar-refractivity contribution >= 4 is 28.1 Å². The van der Waals surface area contributed by atoms with Crippen LogP contribution in [0.2, 0.25) is 13.3 Å². The molecule has 0 saturated carbocycles. The number of hydrogen-bond acceptors (Lipinski definition) is 4. The molecule has 0 atom stereocenters. The van der Waals surface area contributed by atoms with Crippen molar-refractivity contribution in [2.75, 3.05) is 6.61 Å². The maximum absolute atomic E-state index is 12.3. The van der Waals surface area contributed by atoms with Crippen LogP contribution in [0.25, 0.3) is 0 Å². The Labute approximate surface area is 145 Å². The third-order valence-corrected chi connectivity index (χ3v) is 19.7. The van der Waals surface area contributed by atoms with Gasteiger partial charge < -0.3 is 0 Å². The fraction of sp³-hybridized carbons (Fsp3) is 0.778. The van der Waals surface area contributed by atoms with Crippen LogP contribution in [0, 0.1) is 0 Å². The van der Waals surface area contributed by atoms with Gasteiger partial charge in [0.05, 0.1) is 0 Å². The number of esters is 1. The van der Waals surface area contributed by atoms with Crippen LogP contribution < -0.4 is 3.71 Å². The Hall–Kier alpha value is -0.521. The average molecular weight is 430 g/mol. The Balaban J connectivity index is 3.19. The fourth-order valence-corrected chi connectivity index (χ4v) is 19.0. The van der Waals surface area contributed by atoms with Gasteiger partial charge in [-0.05, 0) is 0 Å². The van der Waals surface area contributed by atoms with Crippen LogP contribution in [-0.4, -0.2) is 35.9 Å². The van der Waals surface area contributed by atoms with Crippen LogP contribution in [0.1, 0.15) is 76.8 Å². The Morgan fingerprint density at radius 2 is 1.57 bits per heavy atom. The second-order valence-electron chi connectivity index (χ2n) is 6.34. The summed E-state index contributed by atoms with van der Waals surface area (Å²) in [7, 11) is 0. The Morgan fingerprint density at radius 1 is 1.04 bits per heavy atom. The van der Waals surface area contributed by atoms with Gasteiger partial charge >= 0.3 is 145 Å². The molecule has 0 radical (unpaired) electrons. The Kier molecular flexibility index (Phi) is 9.91. The first kappa shape index (κ1) is 20.5. The third kappa shape index (κ3) is 5.80. The van der Waals surface area contributed by atoms with Gasteiger partial charge in [-0.3, -0.25) is 0 Å². The van der Waals surface area contributed by atoms with Gasteiger partial charge in [-0.15, -0.1) is 0 Å². The van der Waals surface area contributed by atoms with Crippen LogP contribution in [0.4, 0.5) is 0 Å². The molecule has 0 unspecified atom stereocenters. The number of unbranched alkanes of at least 4 members (excludes halogenated alkanes) is 3. The van der Waals surface area contributed by atoms with Gasteiger partial charge in [0.15, 0.2) is 0 Å². The molecule has 5 heteroatoms. The van der Waals surface area contributed by atoms with E-state index in [2.05, 4.69) is 25.8 Å². The molecule has 0 aliphatic rings. The van der Waals surface area contributed by atoms with Crippen molar-refractivity contribution in [3.05, 3.63) is 12.2 Å². The number of ether oxygens (including phenoxy) is 1. The quantitative estimate of drug-likeness (QED) is 0.350. The molecule has 1 aromatic rings. The predicted molar refractivity (Wildman–Crippen MR) is 97.0 cm³/mol. The second kappa shape index (κ2) is 11.1. The predicted octanol–water partition coefficient (Wildman–Crippen LogP) is 4.91. The molecule has 0 N–H and O–H groups in total. The van der Waals surface area contributed by atoms with E-state index in [1.807, 2.05) is 6.92 Å². The number of carbonyl (C=O) groups excluding carboxylic acids is 1. The van der Waals surface area contributed by atoms with Crippen LogP contribution in [-0.2, 0) is 4.74 Å². The minimum absolute atomic E-state index is 0.328. The molecule has 23 heavy (non-hydrogen) atoms. The van der Waals surface area contributed by atoms with Crippen LogP contribution in [0.3, 0.4) is 0 Å². The normalized spacial score (nSPS) is 11.7. The van der Waals surface area contributed by atoms with Crippen molar-refractivity contribution in [3.8, 4) is 0 Å². The van der Waals surface area contributed by atoms with Crippen molar-refractivity contribution in [3.63, 3.8) is 0 Å². The van der Waals surface area contributed by atoms with Gasteiger partial charge in [0, 0.05) is 0 Å². The first-order chi connectivity index (χ1) is 11.1. The van der Waals surface area contributed by atoms with Gasteiger partial charge in [0.1, 0.15) is 0 Å². The van der Waals surface area contributed by atoms with Gasteiger partial charge in [-0.1, -0.05) is 0 Å². The molecule has 0 aliphatic heterocycles. The van der Waals surface area contributed by atoms with Crippen LogP contribution in [0.5, 0.6) is 0 Å². The Morgan fingerprint density at radius 3 is 2.00 bits per heavy atom. The van der Waals surface area contributed by atoms with Gasteiger partial charge in [-0.2, -0.15) is 0 Å². The summed E-state index contributed by atoms with van der Waals surface area (Å²) in [4.78, 5) is 16.8. The first-order valence-corrected chi connectivity index (χ1v) is 16.7. The topological polar surface area (TPSA) is 52.3 Å². The van der Waals surface area contributed by atoms with Gasteiger partial charge in [0.25, 0.3) is 0 Å². The van der Waals surface area contributed by atoms with E-state index in [1.54, 1.807) is 0 Å². The SMILES string of the molecule is CCC[CH2][Sn]([CH2]CCC)([CH2]CCC)[c]1ncoc1C(=O)OCC. The monoisotopic (exact) mass is 431 g/mol. The average Bonchev–Trinajstić information content (AvgIpc) is 3.05. The van der Waals surface area contributed by atoms with Crippen molar-refractivity contribution in [2.24, 2.45) is 0 Å². The summed E-state index contributed by atoms with van der Waals surface area (Å²) in [5, 5.41) is 0. The zero-order valence-corrected chi connectivity index (χ0v) is 18.2. The second-order valence-corrected chi connectivity index (χ2v) is 19.3. The molecule has 0 saturated heterocycles. The molecule has 0 aliphatic carbocycles. The number of oxazole rings is 1. The minimum atomic E-state index is -2.73. The van der Waals surface area contributed by atoms with E-state index in [0.717, 1.165) is 3.71 Å². The van der Waals surface area contributed by atoms with E-state index in [4.69, 9.17) is 9.15 Å². The summed E-state index contributed by atoms with van der Waals surface area (Å²) >= 11 is -2.73. The number of hydrogen-bond donors (Lipinski definition) is 0. The molecular weight excluding hydrogens is 397 g/mol. The molecule has 0 bridgehead atoms. The van der Waals surface area contributed by atoms with Crippen molar-refractivity contribution < 1.29 is 13.9 Å². The molecule has 1 heterocycles. The van der Waals surface area contributed by atoms with E-state index in [9.17, 15) is 4.79 Å².